The van der Waals surface area contributed by atoms with Crippen LogP contribution in [-0.2, 0) is 11.3 Å². The summed E-state index contributed by atoms with van der Waals surface area (Å²) in [4.78, 5) is 21.2. The lowest BCUT2D eigenvalue weighted by molar-refractivity contribution is -0.138. The number of pyridine rings is 1. The van der Waals surface area contributed by atoms with Gasteiger partial charge in [0.05, 0.1) is 0 Å². The van der Waals surface area contributed by atoms with Gasteiger partial charge in [-0.05, 0) is 49.3 Å². The summed E-state index contributed by atoms with van der Waals surface area (Å²) in [6.45, 7) is 3.13. The maximum atomic E-state index is 12.3. The fourth-order valence-corrected chi connectivity index (χ4v) is 3.97. The molecular formula is C17H23N3O. The normalized spacial score (nSPS) is 29.7. The van der Waals surface area contributed by atoms with E-state index in [0.717, 1.165) is 44.8 Å². The minimum Gasteiger partial charge on any atom is -0.338 e. The fourth-order valence-electron chi connectivity index (χ4n) is 3.97. The van der Waals surface area contributed by atoms with Crippen LogP contribution in [0.25, 0.3) is 0 Å². The molecule has 1 aromatic heterocycles. The maximum Gasteiger partial charge on any atom is 0.222 e. The number of amides is 1. The second-order valence-electron chi connectivity index (χ2n) is 6.78. The first kappa shape index (κ1) is 13.3. The second-order valence-corrected chi connectivity index (χ2v) is 6.78. The quantitative estimate of drug-likeness (QED) is 0.849. The van der Waals surface area contributed by atoms with Gasteiger partial charge < -0.3 is 4.90 Å². The molecule has 2 atom stereocenters. The Morgan fingerprint density at radius 3 is 2.67 bits per heavy atom. The number of hydrogen-bond acceptors (Lipinski definition) is 3. The lowest BCUT2D eigenvalue weighted by Crippen LogP contribution is -2.52. The van der Waals surface area contributed by atoms with Crippen LogP contribution >= 0.6 is 0 Å². The zero-order valence-corrected chi connectivity index (χ0v) is 12.4. The number of piperidine rings is 1. The third-order valence-corrected chi connectivity index (χ3v) is 5.29. The Hall–Kier alpha value is -1.42. The molecule has 112 valence electrons. The van der Waals surface area contributed by atoms with Gasteiger partial charge >= 0.3 is 0 Å². The Morgan fingerprint density at radius 1 is 1.10 bits per heavy atom. The van der Waals surface area contributed by atoms with Crippen molar-refractivity contribution in [2.24, 2.45) is 5.92 Å². The second kappa shape index (κ2) is 5.41. The molecule has 1 aromatic rings. The Bertz CT molecular complexity index is 514. The van der Waals surface area contributed by atoms with E-state index < -0.39 is 0 Å². The molecule has 0 aromatic carbocycles. The predicted molar refractivity (Wildman–Crippen MR) is 80.5 cm³/mol. The standard InChI is InChI=1S/C17H23N3O/c21-17-4-3-15-16(20(17)12-13-1-2-13)7-10-19(15)11-14-5-8-18-9-6-14/h5-6,8-9,13,15-16H,1-4,7,10-12H2/t15-,16-/m1/s1. The lowest BCUT2D eigenvalue weighted by Gasteiger charge is -2.40. The van der Waals surface area contributed by atoms with Crippen LogP contribution in [0.3, 0.4) is 0 Å². The Balaban J connectivity index is 1.46. The summed E-state index contributed by atoms with van der Waals surface area (Å²) in [6.07, 6.45) is 9.30. The maximum absolute atomic E-state index is 12.3. The first-order valence-corrected chi connectivity index (χ1v) is 8.23. The molecule has 1 aliphatic carbocycles. The van der Waals surface area contributed by atoms with E-state index in [0.29, 0.717) is 18.0 Å². The highest BCUT2D eigenvalue weighted by atomic mass is 16.2. The molecule has 1 amide bonds. The SMILES string of the molecule is O=C1CC[C@@H]2[C@@H](CCN2Cc2ccncc2)N1CC1CC1. The number of carbonyl (C=O) groups excluding carboxylic acids is 1. The van der Waals surface area contributed by atoms with E-state index in [1.54, 1.807) is 0 Å². The summed E-state index contributed by atoms with van der Waals surface area (Å²) in [6, 6.07) is 5.23. The Kier molecular flexibility index (Phi) is 3.42. The molecule has 0 spiro atoms. The van der Waals surface area contributed by atoms with Crippen LogP contribution in [0, 0.1) is 5.92 Å². The minimum absolute atomic E-state index is 0.397. The summed E-state index contributed by atoms with van der Waals surface area (Å²) in [7, 11) is 0. The van der Waals surface area contributed by atoms with Gasteiger partial charge in [-0.2, -0.15) is 0 Å². The van der Waals surface area contributed by atoms with Gasteiger partial charge in [-0.3, -0.25) is 14.7 Å². The van der Waals surface area contributed by atoms with Crippen molar-refractivity contribution in [1.82, 2.24) is 14.8 Å². The minimum atomic E-state index is 0.397. The van der Waals surface area contributed by atoms with Crippen molar-refractivity contribution >= 4 is 5.91 Å². The van der Waals surface area contributed by atoms with E-state index in [9.17, 15) is 4.79 Å². The highest BCUT2D eigenvalue weighted by Crippen LogP contribution is 2.36. The van der Waals surface area contributed by atoms with Crippen molar-refractivity contribution < 1.29 is 4.79 Å². The van der Waals surface area contributed by atoms with Crippen LogP contribution in [0.5, 0.6) is 0 Å². The zero-order valence-electron chi connectivity index (χ0n) is 12.4. The van der Waals surface area contributed by atoms with E-state index in [4.69, 9.17) is 0 Å². The van der Waals surface area contributed by atoms with Crippen LogP contribution in [-0.4, -0.2) is 45.9 Å². The van der Waals surface area contributed by atoms with E-state index >= 15 is 0 Å². The average Bonchev–Trinajstić information content (AvgIpc) is 3.24. The van der Waals surface area contributed by atoms with Crippen LogP contribution in [0.1, 0.15) is 37.7 Å². The van der Waals surface area contributed by atoms with Crippen molar-refractivity contribution in [2.45, 2.75) is 50.7 Å². The molecule has 1 saturated carbocycles. The van der Waals surface area contributed by atoms with Gasteiger partial charge in [0.15, 0.2) is 0 Å². The monoisotopic (exact) mass is 285 g/mol. The number of aromatic nitrogens is 1. The molecule has 0 unspecified atom stereocenters. The molecule has 0 N–H and O–H groups in total. The van der Waals surface area contributed by atoms with Crippen LogP contribution in [0.15, 0.2) is 24.5 Å². The zero-order chi connectivity index (χ0) is 14.2. The molecule has 21 heavy (non-hydrogen) atoms. The van der Waals surface area contributed by atoms with Gasteiger partial charge in [-0.15, -0.1) is 0 Å². The van der Waals surface area contributed by atoms with Crippen molar-refractivity contribution in [3.05, 3.63) is 30.1 Å². The summed E-state index contributed by atoms with van der Waals surface area (Å²) in [5.41, 5.74) is 1.33. The van der Waals surface area contributed by atoms with Crippen LogP contribution < -0.4 is 0 Å². The number of hydrogen-bond donors (Lipinski definition) is 0. The summed E-state index contributed by atoms with van der Waals surface area (Å²) < 4.78 is 0. The summed E-state index contributed by atoms with van der Waals surface area (Å²) in [5.74, 6) is 1.19. The Labute approximate surface area is 126 Å². The van der Waals surface area contributed by atoms with Crippen LogP contribution in [0.4, 0.5) is 0 Å². The van der Waals surface area contributed by atoms with Crippen molar-refractivity contribution in [2.75, 3.05) is 13.1 Å². The molecule has 2 saturated heterocycles. The van der Waals surface area contributed by atoms with Gasteiger partial charge in [0, 0.05) is 50.5 Å². The molecule has 4 nitrogen and oxygen atoms in total. The van der Waals surface area contributed by atoms with E-state index in [1.807, 2.05) is 12.4 Å². The van der Waals surface area contributed by atoms with E-state index in [1.165, 1.54) is 18.4 Å². The number of nitrogens with zero attached hydrogens (tertiary/aromatic N) is 3. The number of rotatable bonds is 4. The average molecular weight is 285 g/mol. The third-order valence-electron chi connectivity index (χ3n) is 5.29. The highest BCUT2D eigenvalue weighted by Gasteiger charge is 2.44. The fraction of sp³-hybridized carbons (Fsp3) is 0.647. The van der Waals surface area contributed by atoms with Gasteiger partial charge in [-0.1, -0.05) is 0 Å². The molecule has 3 aliphatic rings. The lowest BCUT2D eigenvalue weighted by atomic mass is 9.95. The van der Waals surface area contributed by atoms with Gasteiger partial charge in [0.2, 0.25) is 5.91 Å². The van der Waals surface area contributed by atoms with E-state index in [2.05, 4.69) is 26.9 Å². The van der Waals surface area contributed by atoms with E-state index in [-0.39, 0.29) is 0 Å². The van der Waals surface area contributed by atoms with Gasteiger partial charge in [0.25, 0.3) is 0 Å². The highest BCUT2D eigenvalue weighted by molar-refractivity contribution is 5.77. The van der Waals surface area contributed by atoms with Crippen molar-refractivity contribution in [3.63, 3.8) is 0 Å². The van der Waals surface area contributed by atoms with Gasteiger partial charge in [0.1, 0.15) is 0 Å². The predicted octanol–water partition coefficient (Wildman–Crippen LogP) is 2.06. The molecule has 3 heterocycles. The summed E-state index contributed by atoms with van der Waals surface area (Å²) in [5, 5.41) is 0. The topological polar surface area (TPSA) is 36.4 Å². The van der Waals surface area contributed by atoms with Crippen molar-refractivity contribution in [3.8, 4) is 0 Å². The molecule has 4 heteroatoms. The largest absolute Gasteiger partial charge is 0.338 e. The number of carbonyl (C=O) groups is 1. The first-order chi connectivity index (χ1) is 10.3. The molecule has 3 fully saturated rings. The van der Waals surface area contributed by atoms with Gasteiger partial charge in [-0.25, -0.2) is 0 Å². The number of fused-ring (bicyclic) bond motifs is 1. The molecular weight excluding hydrogens is 262 g/mol. The first-order valence-electron chi connectivity index (χ1n) is 8.23. The smallest absolute Gasteiger partial charge is 0.222 e. The molecule has 0 bridgehead atoms. The number of likely N-dealkylation sites (tertiary alicyclic amines) is 2. The summed E-state index contributed by atoms with van der Waals surface area (Å²) >= 11 is 0. The molecule has 2 aliphatic heterocycles. The molecule has 4 rings (SSSR count). The third kappa shape index (κ3) is 2.69. The molecule has 0 radical (unpaired) electrons. The van der Waals surface area contributed by atoms with Crippen molar-refractivity contribution in [1.29, 1.82) is 0 Å². The Morgan fingerprint density at radius 2 is 1.90 bits per heavy atom. The van der Waals surface area contributed by atoms with Crippen LogP contribution in [0.2, 0.25) is 0 Å².